The SMILES string of the molecule is CSc1ccc(Cc2cc(N3CCC(O)CC3)nc(N)n2)cc1. The maximum Gasteiger partial charge on any atom is 0.222 e. The topological polar surface area (TPSA) is 75.3 Å². The van der Waals surface area contributed by atoms with Gasteiger partial charge in [0.25, 0.3) is 0 Å². The smallest absolute Gasteiger partial charge is 0.222 e. The Morgan fingerprint density at radius 2 is 1.91 bits per heavy atom. The van der Waals surface area contributed by atoms with Crippen molar-refractivity contribution in [3.8, 4) is 0 Å². The summed E-state index contributed by atoms with van der Waals surface area (Å²) in [5, 5.41) is 9.63. The van der Waals surface area contributed by atoms with E-state index in [-0.39, 0.29) is 6.10 Å². The number of aliphatic hydroxyl groups is 1. The molecule has 0 bridgehead atoms. The van der Waals surface area contributed by atoms with E-state index in [1.165, 1.54) is 10.5 Å². The Morgan fingerprint density at radius 3 is 2.57 bits per heavy atom. The first-order valence-electron chi connectivity index (χ1n) is 7.83. The highest BCUT2D eigenvalue weighted by atomic mass is 32.2. The van der Waals surface area contributed by atoms with Gasteiger partial charge in [-0.1, -0.05) is 12.1 Å². The molecular formula is C17H22N4OS. The summed E-state index contributed by atoms with van der Waals surface area (Å²) < 4.78 is 0. The molecule has 122 valence electrons. The van der Waals surface area contributed by atoms with Crippen molar-refractivity contribution in [2.75, 3.05) is 30.0 Å². The summed E-state index contributed by atoms with van der Waals surface area (Å²) in [5.41, 5.74) is 8.03. The standard InChI is InChI=1S/C17H22N4OS/c1-23-15-4-2-12(3-5-15)10-13-11-16(20-17(18)19-13)21-8-6-14(22)7-9-21/h2-5,11,14,22H,6-10H2,1H3,(H2,18,19,20). The fourth-order valence-corrected chi connectivity index (χ4v) is 3.21. The highest BCUT2D eigenvalue weighted by Crippen LogP contribution is 2.21. The van der Waals surface area contributed by atoms with Crippen LogP contribution in [0.2, 0.25) is 0 Å². The van der Waals surface area contributed by atoms with Crippen molar-refractivity contribution in [1.29, 1.82) is 0 Å². The van der Waals surface area contributed by atoms with E-state index >= 15 is 0 Å². The molecule has 0 spiro atoms. The highest BCUT2D eigenvalue weighted by Gasteiger charge is 2.19. The zero-order valence-corrected chi connectivity index (χ0v) is 14.1. The molecule has 1 saturated heterocycles. The number of rotatable bonds is 4. The molecule has 1 fully saturated rings. The van der Waals surface area contributed by atoms with E-state index in [1.807, 2.05) is 6.07 Å². The van der Waals surface area contributed by atoms with Gasteiger partial charge in [0.2, 0.25) is 5.95 Å². The fourth-order valence-electron chi connectivity index (χ4n) is 2.80. The van der Waals surface area contributed by atoms with Crippen molar-refractivity contribution in [3.05, 3.63) is 41.6 Å². The van der Waals surface area contributed by atoms with Gasteiger partial charge in [0.1, 0.15) is 5.82 Å². The summed E-state index contributed by atoms with van der Waals surface area (Å²) in [4.78, 5) is 12.2. The minimum absolute atomic E-state index is 0.195. The molecule has 0 aliphatic carbocycles. The van der Waals surface area contributed by atoms with Crippen molar-refractivity contribution < 1.29 is 5.11 Å². The first kappa shape index (κ1) is 16.1. The number of aromatic nitrogens is 2. The van der Waals surface area contributed by atoms with Gasteiger partial charge in [-0.15, -0.1) is 11.8 Å². The highest BCUT2D eigenvalue weighted by molar-refractivity contribution is 7.98. The van der Waals surface area contributed by atoms with Crippen molar-refractivity contribution in [2.45, 2.75) is 30.3 Å². The molecule has 1 aromatic carbocycles. The van der Waals surface area contributed by atoms with E-state index in [0.29, 0.717) is 5.95 Å². The maximum atomic E-state index is 9.63. The zero-order chi connectivity index (χ0) is 16.2. The average molecular weight is 330 g/mol. The Labute approximate surface area is 140 Å². The largest absolute Gasteiger partial charge is 0.393 e. The quantitative estimate of drug-likeness (QED) is 0.838. The number of anilines is 2. The van der Waals surface area contributed by atoms with E-state index < -0.39 is 0 Å². The van der Waals surface area contributed by atoms with Gasteiger partial charge in [0.15, 0.2) is 0 Å². The maximum absolute atomic E-state index is 9.63. The fraction of sp³-hybridized carbons (Fsp3) is 0.412. The van der Waals surface area contributed by atoms with Gasteiger partial charge in [-0.25, -0.2) is 4.98 Å². The zero-order valence-electron chi connectivity index (χ0n) is 13.3. The van der Waals surface area contributed by atoms with Crippen LogP contribution in [0, 0.1) is 0 Å². The second kappa shape index (κ2) is 7.19. The lowest BCUT2D eigenvalue weighted by atomic mass is 10.1. The Hall–Kier alpha value is -1.79. The van der Waals surface area contributed by atoms with E-state index in [0.717, 1.165) is 43.9 Å². The summed E-state index contributed by atoms with van der Waals surface area (Å²) in [6.07, 6.45) is 4.16. The number of hydrogen-bond acceptors (Lipinski definition) is 6. The van der Waals surface area contributed by atoms with Gasteiger partial charge in [0.05, 0.1) is 11.8 Å². The molecule has 1 aromatic heterocycles. The average Bonchev–Trinajstić information content (AvgIpc) is 2.56. The van der Waals surface area contributed by atoms with Crippen LogP contribution in [0.4, 0.5) is 11.8 Å². The number of piperidine rings is 1. The summed E-state index contributed by atoms with van der Waals surface area (Å²) in [6.45, 7) is 1.61. The number of hydrogen-bond donors (Lipinski definition) is 2. The Balaban J connectivity index is 1.76. The lowest BCUT2D eigenvalue weighted by Gasteiger charge is -2.30. The third-order valence-electron chi connectivity index (χ3n) is 4.12. The van der Waals surface area contributed by atoms with Crippen LogP contribution in [0.25, 0.3) is 0 Å². The van der Waals surface area contributed by atoms with Crippen molar-refractivity contribution >= 4 is 23.5 Å². The van der Waals surface area contributed by atoms with Crippen molar-refractivity contribution in [3.63, 3.8) is 0 Å². The molecule has 6 heteroatoms. The number of aliphatic hydroxyl groups excluding tert-OH is 1. The van der Waals surface area contributed by atoms with Crippen LogP contribution in [0.1, 0.15) is 24.1 Å². The van der Waals surface area contributed by atoms with E-state index in [1.54, 1.807) is 11.8 Å². The number of thioether (sulfide) groups is 1. The predicted octanol–water partition coefficient (Wildman–Crippen LogP) is 2.33. The first-order valence-corrected chi connectivity index (χ1v) is 9.06. The molecule has 1 aliphatic heterocycles. The molecule has 0 atom stereocenters. The molecule has 0 saturated carbocycles. The van der Waals surface area contributed by atoms with Gasteiger partial charge in [-0.05, 0) is 36.8 Å². The lowest BCUT2D eigenvalue weighted by molar-refractivity contribution is 0.145. The van der Waals surface area contributed by atoms with Crippen molar-refractivity contribution in [2.24, 2.45) is 0 Å². The molecular weight excluding hydrogens is 308 g/mol. The van der Waals surface area contributed by atoms with Crippen LogP contribution in [-0.2, 0) is 6.42 Å². The number of nitrogens with zero attached hydrogens (tertiary/aromatic N) is 3. The van der Waals surface area contributed by atoms with Gasteiger partial charge < -0.3 is 15.7 Å². The van der Waals surface area contributed by atoms with Gasteiger partial charge in [0, 0.05) is 30.5 Å². The summed E-state index contributed by atoms with van der Waals surface area (Å²) in [6, 6.07) is 10.5. The first-order chi connectivity index (χ1) is 11.1. The van der Waals surface area contributed by atoms with Crippen molar-refractivity contribution in [1.82, 2.24) is 9.97 Å². The summed E-state index contributed by atoms with van der Waals surface area (Å²) >= 11 is 1.73. The van der Waals surface area contributed by atoms with Crippen LogP contribution in [0.3, 0.4) is 0 Å². The number of benzene rings is 1. The third kappa shape index (κ3) is 4.14. The minimum Gasteiger partial charge on any atom is -0.393 e. The normalized spacial score (nSPS) is 15.8. The lowest BCUT2D eigenvalue weighted by Crippen LogP contribution is -2.36. The minimum atomic E-state index is -0.195. The number of nitrogen functional groups attached to an aromatic ring is 1. The van der Waals surface area contributed by atoms with Gasteiger partial charge in [-0.2, -0.15) is 4.98 Å². The van der Waals surface area contributed by atoms with Crippen LogP contribution >= 0.6 is 11.8 Å². The van der Waals surface area contributed by atoms with E-state index in [2.05, 4.69) is 45.4 Å². The molecule has 23 heavy (non-hydrogen) atoms. The third-order valence-corrected chi connectivity index (χ3v) is 4.86. The molecule has 1 aliphatic rings. The molecule has 3 N–H and O–H groups in total. The van der Waals surface area contributed by atoms with Gasteiger partial charge in [-0.3, -0.25) is 0 Å². The second-order valence-electron chi connectivity index (χ2n) is 5.82. The van der Waals surface area contributed by atoms with Crippen LogP contribution < -0.4 is 10.6 Å². The second-order valence-corrected chi connectivity index (χ2v) is 6.70. The molecule has 3 rings (SSSR count). The number of nitrogens with two attached hydrogens (primary N) is 1. The molecule has 2 aromatic rings. The molecule has 5 nitrogen and oxygen atoms in total. The molecule has 2 heterocycles. The van der Waals surface area contributed by atoms with E-state index in [4.69, 9.17) is 5.73 Å². The van der Waals surface area contributed by atoms with Crippen LogP contribution in [-0.4, -0.2) is 40.5 Å². The predicted molar refractivity (Wildman–Crippen MR) is 94.9 cm³/mol. The Bertz CT molecular complexity index is 654. The monoisotopic (exact) mass is 330 g/mol. The molecule has 0 unspecified atom stereocenters. The van der Waals surface area contributed by atoms with Crippen LogP contribution in [0.15, 0.2) is 35.2 Å². The molecule has 0 radical (unpaired) electrons. The van der Waals surface area contributed by atoms with E-state index in [9.17, 15) is 5.11 Å². The Morgan fingerprint density at radius 1 is 1.22 bits per heavy atom. The summed E-state index contributed by atoms with van der Waals surface area (Å²) in [5.74, 6) is 1.17. The Kier molecular flexibility index (Phi) is 5.03. The molecule has 0 amide bonds. The van der Waals surface area contributed by atoms with Gasteiger partial charge >= 0.3 is 0 Å². The summed E-state index contributed by atoms with van der Waals surface area (Å²) in [7, 11) is 0. The van der Waals surface area contributed by atoms with Crippen LogP contribution in [0.5, 0.6) is 0 Å².